The van der Waals surface area contributed by atoms with Gasteiger partial charge in [-0.1, -0.05) is 0 Å². The summed E-state index contributed by atoms with van der Waals surface area (Å²) >= 11 is 11.3. The fourth-order valence-corrected chi connectivity index (χ4v) is 1.20. The lowest BCUT2D eigenvalue weighted by molar-refractivity contribution is 0.215. The molecule has 0 saturated carbocycles. The van der Waals surface area contributed by atoms with Gasteiger partial charge in [-0.15, -0.1) is 0 Å². The van der Waals surface area contributed by atoms with E-state index in [1.54, 1.807) is 11.9 Å². The van der Waals surface area contributed by atoms with E-state index >= 15 is 0 Å². The molecular formula is C8H12Cl2N4O. The minimum absolute atomic E-state index is 0.0330. The number of hydrogen-bond acceptors (Lipinski definition) is 5. The maximum absolute atomic E-state index is 9.19. The molecule has 0 aliphatic rings. The molecule has 0 radical (unpaired) electrons. The van der Waals surface area contributed by atoms with Gasteiger partial charge in [-0.05, 0) is 37.0 Å². The zero-order valence-electron chi connectivity index (χ0n) is 8.70. The van der Waals surface area contributed by atoms with E-state index in [9.17, 15) is 5.11 Å². The van der Waals surface area contributed by atoms with Crippen LogP contribution in [0.3, 0.4) is 0 Å². The highest BCUT2D eigenvalue weighted by Crippen LogP contribution is 2.20. The minimum atomic E-state index is -0.492. The maximum Gasteiger partial charge on any atom is 0.231 e. The van der Waals surface area contributed by atoms with Crippen LogP contribution in [-0.4, -0.2) is 39.3 Å². The second kappa shape index (κ2) is 4.47. The van der Waals surface area contributed by atoms with Gasteiger partial charge in [0.05, 0.1) is 12.1 Å². The molecule has 0 aliphatic heterocycles. The van der Waals surface area contributed by atoms with E-state index < -0.39 is 5.54 Å². The second-order valence-corrected chi connectivity index (χ2v) is 4.38. The molecule has 1 aromatic rings. The van der Waals surface area contributed by atoms with Crippen molar-refractivity contribution >= 4 is 29.2 Å². The van der Waals surface area contributed by atoms with Gasteiger partial charge in [0.25, 0.3) is 0 Å². The summed E-state index contributed by atoms with van der Waals surface area (Å²) in [5.74, 6) is 0.332. The Morgan fingerprint density at radius 3 is 2.07 bits per heavy atom. The van der Waals surface area contributed by atoms with E-state index in [-0.39, 0.29) is 17.2 Å². The zero-order chi connectivity index (χ0) is 11.6. The fraction of sp³-hybridized carbons (Fsp3) is 0.625. The Bertz CT molecular complexity index is 338. The number of aliphatic hydroxyl groups excluding tert-OH is 1. The summed E-state index contributed by atoms with van der Waals surface area (Å²) in [6.07, 6.45) is 0. The van der Waals surface area contributed by atoms with Crippen LogP contribution in [0.25, 0.3) is 0 Å². The predicted octanol–water partition coefficient (Wildman–Crippen LogP) is 1.39. The number of likely N-dealkylation sites (N-methyl/N-ethyl adjacent to an activating group) is 1. The third-order valence-electron chi connectivity index (χ3n) is 2.16. The summed E-state index contributed by atoms with van der Waals surface area (Å²) in [5.41, 5.74) is -0.492. The van der Waals surface area contributed by atoms with E-state index in [2.05, 4.69) is 15.0 Å². The number of hydrogen-bond donors (Lipinski definition) is 1. The van der Waals surface area contributed by atoms with Gasteiger partial charge >= 0.3 is 0 Å². The Hall–Kier alpha value is -0.650. The van der Waals surface area contributed by atoms with Crippen LogP contribution >= 0.6 is 23.2 Å². The first kappa shape index (κ1) is 12.4. The minimum Gasteiger partial charge on any atom is -0.394 e. The molecular weight excluding hydrogens is 239 g/mol. The van der Waals surface area contributed by atoms with Crippen LogP contribution in [0.5, 0.6) is 0 Å². The molecule has 84 valence electrons. The number of nitrogens with zero attached hydrogens (tertiary/aromatic N) is 4. The maximum atomic E-state index is 9.19. The summed E-state index contributed by atoms with van der Waals surface area (Å²) in [6.45, 7) is 3.65. The van der Waals surface area contributed by atoms with Crippen LogP contribution < -0.4 is 4.90 Å². The van der Waals surface area contributed by atoms with Crippen LogP contribution in [0.2, 0.25) is 10.6 Å². The van der Waals surface area contributed by atoms with Gasteiger partial charge in [-0.2, -0.15) is 15.0 Å². The van der Waals surface area contributed by atoms with Gasteiger partial charge in [0.15, 0.2) is 0 Å². The van der Waals surface area contributed by atoms with Gasteiger partial charge in [0.2, 0.25) is 16.5 Å². The van der Waals surface area contributed by atoms with E-state index in [0.29, 0.717) is 5.95 Å². The molecule has 0 spiro atoms. The summed E-state index contributed by atoms with van der Waals surface area (Å²) in [6, 6.07) is 0. The van der Waals surface area contributed by atoms with Crippen LogP contribution in [0, 0.1) is 0 Å². The largest absolute Gasteiger partial charge is 0.394 e. The Balaban J connectivity index is 3.06. The Labute approximate surface area is 98.1 Å². The Morgan fingerprint density at radius 2 is 1.67 bits per heavy atom. The molecule has 0 amide bonds. The summed E-state index contributed by atoms with van der Waals surface area (Å²) in [7, 11) is 1.75. The lowest BCUT2D eigenvalue weighted by Gasteiger charge is -2.33. The van der Waals surface area contributed by atoms with Crippen molar-refractivity contribution in [2.24, 2.45) is 0 Å². The predicted molar refractivity (Wildman–Crippen MR) is 59.4 cm³/mol. The molecule has 0 fully saturated rings. The first-order valence-corrected chi connectivity index (χ1v) is 5.04. The smallest absolute Gasteiger partial charge is 0.231 e. The SMILES string of the molecule is CN(c1nc(Cl)nc(Cl)n1)C(C)(C)CO. The van der Waals surface area contributed by atoms with E-state index in [1.807, 2.05) is 13.8 Å². The molecule has 0 saturated heterocycles. The molecule has 5 nitrogen and oxygen atoms in total. The second-order valence-electron chi connectivity index (χ2n) is 3.70. The molecule has 1 heterocycles. The molecule has 0 aromatic carbocycles. The van der Waals surface area contributed by atoms with E-state index in [1.165, 1.54) is 0 Å². The van der Waals surface area contributed by atoms with Crippen molar-refractivity contribution in [1.82, 2.24) is 15.0 Å². The van der Waals surface area contributed by atoms with Crippen molar-refractivity contribution in [3.63, 3.8) is 0 Å². The van der Waals surface area contributed by atoms with Gasteiger partial charge in [0, 0.05) is 7.05 Å². The van der Waals surface area contributed by atoms with Crippen molar-refractivity contribution in [3.8, 4) is 0 Å². The van der Waals surface area contributed by atoms with Crippen molar-refractivity contribution in [1.29, 1.82) is 0 Å². The summed E-state index contributed by atoms with van der Waals surface area (Å²) < 4.78 is 0. The third kappa shape index (κ3) is 2.90. The fourth-order valence-electron chi connectivity index (χ4n) is 0.843. The Morgan fingerprint density at radius 1 is 1.20 bits per heavy atom. The van der Waals surface area contributed by atoms with Crippen LogP contribution in [-0.2, 0) is 0 Å². The average molecular weight is 251 g/mol. The van der Waals surface area contributed by atoms with Gasteiger partial charge < -0.3 is 10.0 Å². The monoisotopic (exact) mass is 250 g/mol. The quantitative estimate of drug-likeness (QED) is 0.879. The summed E-state index contributed by atoms with van der Waals surface area (Å²) in [5, 5.41) is 9.25. The molecule has 1 rings (SSSR count). The first-order valence-electron chi connectivity index (χ1n) is 4.28. The normalized spacial score (nSPS) is 11.6. The number of aliphatic hydroxyl groups is 1. The standard InChI is InChI=1S/C8H12Cl2N4O/c1-8(2,4-15)14(3)7-12-5(9)11-6(10)13-7/h15H,4H2,1-3H3. The van der Waals surface area contributed by atoms with Crippen molar-refractivity contribution in [2.75, 3.05) is 18.6 Å². The highest BCUT2D eigenvalue weighted by Gasteiger charge is 2.25. The number of halogens is 2. The van der Waals surface area contributed by atoms with Crippen molar-refractivity contribution in [2.45, 2.75) is 19.4 Å². The molecule has 0 bridgehead atoms. The average Bonchev–Trinajstić information content (AvgIpc) is 2.15. The zero-order valence-corrected chi connectivity index (χ0v) is 10.2. The highest BCUT2D eigenvalue weighted by atomic mass is 35.5. The van der Waals surface area contributed by atoms with Crippen molar-refractivity contribution in [3.05, 3.63) is 10.6 Å². The third-order valence-corrected chi connectivity index (χ3v) is 2.50. The molecule has 0 aliphatic carbocycles. The number of rotatable bonds is 3. The van der Waals surface area contributed by atoms with E-state index in [0.717, 1.165) is 0 Å². The van der Waals surface area contributed by atoms with Gasteiger partial charge in [-0.3, -0.25) is 0 Å². The van der Waals surface area contributed by atoms with Crippen molar-refractivity contribution < 1.29 is 5.11 Å². The van der Waals surface area contributed by atoms with Crippen LogP contribution in [0.4, 0.5) is 5.95 Å². The van der Waals surface area contributed by atoms with Gasteiger partial charge in [0.1, 0.15) is 0 Å². The lowest BCUT2D eigenvalue weighted by Crippen LogP contribution is -2.45. The number of anilines is 1. The van der Waals surface area contributed by atoms with E-state index in [4.69, 9.17) is 23.2 Å². The summed E-state index contributed by atoms with van der Waals surface area (Å²) in [4.78, 5) is 13.2. The molecule has 0 unspecified atom stereocenters. The van der Waals surface area contributed by atoms with Gasteiger partial charge in [-0.25, -0.2) is 0 Å². The number of aromatic nitrogens is 3. The Kier molecular flexibility index (Phi) is 3.70. The molecule has 0 atom stereocenters. The molecule has 15 heavy (non-hydrogen) atoms. The topological polar surface area (TPSA) is 62.1 Å². The van der Waals surface area contributed by atoms with Crippen LogP contribution in [0.1, 0.15) is 13.8 Å². The molecule has 1 N–H and O–H groups in total. The van der Waals surface area contributed by atoms with Crippen LogP contribution in [0.15, 0.2) is 0 Å². The highest BCUT2D eigenvalue weighted by molar-refractivity contribution is 6.31. The molecule has 7 heteroatoms. The molecule has 1 aromatic heterocycles. The first-order chi connectivity index (χ1) is 6.86. The lowest BCUT2D eigenvalue weighted by atomic mass is 10.1.